The van der Waals surface area contributed by atoms with Gasteiger partial charge in [-0.15, -0.1) is 0 Å². The predicted molar refractivity (Wildman–Crippen MR) is 55.3 cm³/mol. The van der Waals surface area contributed by atoms with Gasteiger partial charge in [0, 0.05) is 0 Å². The maximum absolute atomic E-state index is 11.5. The van der Waals surface area contributed by atoms with E-state index in [1.807, 2.05) is 37.3 Å². The number of hydrogen-bond acceptors (Lipinski definition) is 3. The van der Waals surface area contributed by atoms with E-state index in [4.69, 9.17) is 9.47 Å². The van der Waals surface area contributed by atoms with Crippen LogP contribution in [-0.4, -0.2) is 18.7 Å². The summed E-state index contributed by atoms with van der Waals surface area (Å²) in [7, 11) is 1.38. The van der Waals surface area contributed by atoms with Gasteiger partial charge in [-0.1, -0.05) is 30.3 Å². The minimum Gasteiger partial charge on any atom is -0.467 e. The SMILES string of the molecule is COC(=O)[C@@]1(C)O[C@@]1(C)c1ccccc1. The van der Waals surface area contributed by atoms with Crippen molar-refractivity contribution in [3.63, 3.8) is 0 Å². The van der Waals surface area contributed by atoms with Gasteiger partial charge in [0.1, 0.15) is 5.60 Å². The standard InChI is InChI=1S/C12H14O3/c1-11(9-7-5-4-6-8-9)12(2,15-11)10(13)14-3/h4-8H,1-3H3/t11-,12+/m0/s1. The second-order valence-electron chi connectivity index (χ2n) is 4.03. The van der Waals surface area contributed by atoms with E-state index in [0.717, 1.165) is 5.56 Å². The second-order valence-corrected chi connectivity index (χ2v) is 4.03. The van der Waals surface area contributed by atoms with Crippen LogP contribution >= 0.6 is 0 Å². The van der Waals surface area contributed by atoms with E-state index in [1.54, 1.807) is 6.92 Å². The third-order valence-electron chi connectivity index (χ3n) is 3.18. The Labute approximate surface area is 89.0 Å². The van der Waals surface area contributed by atoms with Crippen LogP contribution in [0.25, 0.3) is 0 Å². The number of methoxy groups -OCH3 is 1. The molecule has 0 unspecified atom stereocenters. The van der Waals surface area contributed by atoms with Crippen LogP contribution in [0.5, 0.6) is 0 Å². The highest BCUT2D eigenvalue weighted by Gasteiger charge is 2.70. The zero-order valence-corrected chi connectivity index (χ0v) is 9.11. The predicted octanol–water partition coefficient (Wildman–Crippen LogP) is 1.86. The van der Waals surface area contributed by atoms with Crippen molar-refractivity contribution in [1.82, 2.24) is 0 Å². The Morgan fingerprint density at radius 2 is 1.87 bits per heavy atom. The molecule has 2 atom stereocenters. The molecule has 1 aliphatic heterocycles. The summed E-state index contributed by atoms with van der Waals surface area (Å²) in [5, 5.41) is 0. The summed E-state index contributed by atoms with van der Waals surface area (Å²) < 4.78 is 10.3. The highest BCUT2D eigenvalue weighted by molar-refractivity contribution is 5.84. The molecule has 0 bridgehead atoms. The fourth-order valence-corrected chi connectivity index (χ4v) is 1.90. The molecule has 0 radical (unpaired) electrons. The molecule has 2 rings (SSSR count). The molecule has 0 spiro atoms. The van der Waals surface area contributed by atoms with Gasteiger partial charge in [-0.2, -0.15) is 0 Å². The van der Waals surface area contributed by atoms with E-state index in [0.29, 0.717) is 0 Å². The number of hydrogen-bond donors (Lipinski definition) is 0. The van der Waals surface area contributed by atoms with Gasteiger partial charge in [-0.05, 0) is 19.4 Å². The molecule has 0 aliphatic carbocycles. The van der Waals surface area contributed by atoms with E-state index in [2.05, 4.69) is 0 Å². The first-order valence-corrected chi connectivity index (χ1v) is 4.89. The average molecular weight is 206 g/mol. The number of ether oxygens (including phenoxy) is 2. The lowest BCUT2D eigenvalue weighted by Crippen LogP contribution is -2.29. The molecule has 1 heterocycles. The Balaban J connectivity index is 2.31. The molecule has 3 nitrogen and oxygen atoms in total. The van der Waals surface area contributed by atoms with E-state index >= 15 is 0 Å². The molecule has 0 saturated carbocycles. The van der Waals surface area contributed by atoms with E-state index in [9.17, 15) is 4.79 Å². The molecule has 0 N–H and O–H groups in total. The molecule has 3 heteroatoms. The quantitative estimate of drug-likeness (QED) is 0.547. The molecule has 1 saturated heterocycles. The number of benzene rings is 1. The van der Waals surface area contributed by atoms with Gasteiger partial charge < -0.3 is 9.47 Å². The van der Waals surface area contributed by atoms with Gasteiger partial charge in [-0.25, -0.2) is 4.79 Å². The number of esters is 1. The maximum Gasteiger partial charge on any atom is 0.341 e. The van der Waals surface area contributed by atoms with Crippen molar-refractivity contribution < 1.29 is 14.3 Å². The van der Waals surface area contributed by atoms with Gasteiger partial charge in [-0.3, -0.25) is 0 Å². The Morgan fingerprint density at radius 3 is 2.40 bits per heavy atom. The molecule has 1 aliphatic rings. The summed E-state index contributed by atoms with van der Waals surface area (Å²) >= 11 is 0. The molecule has 1 fully saturated rings. The van der Waals surface area contributed by atoms with Crippen molar-refractivity contribution >= 4 is 5.97 Å². The molecule has 1 aromatic rings. The third-order valence-corrected chi connectivity index (χ3v) is 3.18. The van der Waals surface area contributed by atoms with Crippen LogP contribution in [0.1, 0.15) is 19.4 Å². The van der Waals surface area contributed by atoms with E-state index < -0.39 is 11.2 Å². The van der Waals surface area contributed by atoms with Crippen molar-refractivity contribution in [2.45, 2.75) is 25.0 Å². The third kappa shape index (κ3) is 1.27. The minimum atomic E-state index is -0.844. The normalized spacial score (nSPS) is 33.5. The van der Waals surface area contributed by atoms with Crippen LogP contribution in [0.3, 0.4) is 0 Å². The maximum atomic E-state index is 11.5. The first-order chi connectivity index (χ1) is 7.04. The van der Waals surface area contributed by atoms with Gasteiger partial charge in [0.2, 0.25) is 0 Å². The Bertz CT molecular complexity index is 387. The summed E-state index contributed by atoms with van der Waals surface area (Å²) in [6, 6.07) is 9.70. The first kappa shape index (κ1) is 10.2. The monoisotopic (exact) mass is 206 g/mol. The molecule has 80 valence electrons. The fourth-order valence-electron chi connectivity index (χ4n) is 1.90. The van der Waals surface area contributed by atoms with E-state index in [1.165, 1.54) is 7.11 Å². The number of carbonyl (C=O) groups excluding carboxylic acids is 1. The molecular weight excluding hydrogens is 192 g/mol. The Morgan fingerprint density at radius 1 is 1.27 bits per heavy atom. The molecular formula is C12H14O3. The zero-order chi connectivity index (χ0) is 11.1. The van der Waals surface area contributed by atoms with Gasteiger partial charge in [0.25, 0.3) is 0 Å². The summed E-state index contributed by atoms with van der Waals surface area (Å²) in [6.45, 7) is 3.66. The van der Waals surface area contributed by atoms with Crippen molar-refractivity contribution in [3.8, 4) is 0 Å². The van der Waals surface area contributed by atoms with E-state index in [-0.39, 0.29) is 5.97 Å². The van der Waals surface area contributed by atoms with Crippen LogP contribution in [0.2, 0.25) is 0 Å². The summed E-state index contributed by atoms with van der Waals surface area (Å²) in [5.74, 6) is -0.325. The average Bonchev–Trinajstić information content (AvgIpc) is 2.85. The van der Waals surface area contributed by atoms with Gasteiger partial charge >= 0.3 is 5.97 Å². The zero-order valence-electron chi connectivity index (χ0n) is 9.11. The first-order valence-electron chi connectivity index (χ1n) is 4.89. The van der Waals surface area contributed by atoms with Crippen LogP contribution in [0.15, 0.2) is 30.3 Å². The van der Waals surface area contributed by atoms with Crippen molar-refractivity contribution in [2.24, 2.45) is 0 Å². The number of rotatable bonds is 2. The highest BCUT2D eigenvalue weighted by Crippen LogP contribution is 2.55. The summed E-state index contributed by atoms with van der Waals surface area (Å²) in [6.07, 6.45) is 0. The lowest BCUT2D eigenvalue weighted by molar-refractivity contribution is -0.146. The lowest BCUT2D eigenvalue weighted by atomic mass is 9.89. The lowest BCUT2D eigenvalue weighted by Gasteiger charge is -2.10. The second kappa shape index (κ2) is 3.07. The van der Waals surface area contributed by atoms with Gasteiger partial charge in [0.05, 0.1) is 7.11 Å². The molecule has 1 aromatic carbocycles. The topological polar surface area (TPSA) is 38.8 Å². The fraction of sp³-hybridized carbons (Fsp3) is 0.417. The van der Waals surface area contributed by atoms with Crippen molar-refractivity contribution in [1.29, 1.82) is 0 Å². The molecule has 0 aromatic heterocycles. The summed E-state index contributed by atoms with van der Waals surface area (Å²) in [4.78, 5) is 11.5. The van der Waals surface area contributed by atoms with Gasteiger partial charge in [0.15, 0.2) is 5.60 Å². The Hall–Kier alpha value is -1.35. The minimum absolute atomic E-state index is 0.325. The Kier molecular flexibility index (Phi) is 2.08. The largest absolute Gasteiger partial charge is 0.467 e. The number of carbonyl (C=O) groups is 1. The van der Waals surface area contributed by atoms with Crippen molar-refractivity contribution in [3.05, 3.63) is 35.9 Å². The van der Waals surface area contributed by atoms with Crippen LogP contribution in [0.4, 0.5) is 0 Å². The molecule has 0 amide bonds. The smallest absolute Gasteiger partial charge is 0.341 e. The van der Waals surface area contributed by atoms with Crippen LogP contribution in [-0.2, 0) is 19.9 Å². The van der Waals surface area contributed by atoms with Crippen molar-refractivity contribution in [2.75, 3.05) is 7.11 Å². The van der Waals surface area contributed by atoms with Crippen LogP contribution < -0.4 is 0 Å². The molecule has 15 heavy (non-hydrogen) atoms. The summed E-state index contributed by atoms with van der Waals surface area (Å²) in [5.41, 5.74) is -0.400. The number of epoxide rings is 1. The highest BCUT2D eigenvalue weighted by atomic mass is 16.7. The van der Waals surface area contributed by atoms with Crippen LogP contribution in [0, 0.1) is 0 Å².